The van der Waals surface area contributed by atoms with Crippen molar-refractivity contribution in [2.24, 2.45) is 5.92 Å². The molecule has 0 saturated carbocycles. The monoisotopic (exact) mass is 337 g/mol. The number of likely N-dealkylation sites (tertiary alicyclic amines) is 3. The van der Waals surface area contributed by atoms with Crippen molar-refractivity contribution in [2.45, 2.75) is 57.6 Å². The van der Waals surface area contributed by atoms with E-state index in [2.05, 4.69) is 4.90 Å². The molecule has 0 radical (unpaired) electrons. The first kappa shape index (κ1) is 17.7. The van der Waals surface area contributed by atoms with E-state index in [-0.39, 0.29) is 17.7 Å². The molecule has 2 unspecified atom stereocenters. The molecule has 6 heteroatoms. The van der Waals surface area contributed by atoms with Crippen LogP contribution in [0.4, 0.5) is 0 Å². The van der Waals surface area contributed by atoms with Gasteiger partial charge in [0, 0.05) is 52.2 Å². The third-order valence-corrected chi connectivity index (χ3v) is 5.99. The van der Waals surface area contributed by atoms with Crippen LogP contribution in [-0.4, -0.2) is 82.5 Å². The van der Waals surface area contributed by atoms with Gasteiger partial charge in [0.05, 0.1) is 11.5 Å². The zero-order valence-corrected chi connectivity index (χ0v) is 15.0. The number of carbonyl (C=O) groups excluding carboxylic acids is 2. The van der Waals surface area contributed by atoms with Gasteiger partial charge in [-0.05, 0) is 39.0 Å². The molecule has 2 atom stereocenters. The fourth-order valence-corrected chi connectivity index (χ4v) is 4.47. The maximum Gasteiger partial charge on any atom is 0.227 e. The summed E-state index contributed by atoms with van der Waals surface area (Å²) in [4.78, 5) is 30.5. The average Bonchev–Trinajstić information content (AvgIpc) is 2.94. The van der Waals surface area contributed by atoms with Crippen molar-refractivity contribution >= 4 is 11.8 Å². The molecule has 24 heavy (non-hydrogen) atoms. The average molecular weight is 337 g/mol. The summed E-state index contributed by atoms with van der Waals surface area (Å²) in [5.74, 6) is 0.284. The largest absolute Gasteiger partial charge is 0.389 e. The molecule has 1 N–H and O–H groups in total. The molecule has 3 rings (SSSR count). The number of hydrogen-bond acceptors (Lipinski definition) is 4. The molecule has 3 saturated heterocycles. The minimum atomic E-state index is -0.550. The molecule has 3 aliphatic rings. The predicted octanol–water partition coefficient (Wildman–Crippen LogP) is 0.693. The summed E-state index contributed by atoms with van der Waals surface area (Å²) < 4.78 is 0. The van der Waals surface area contributed by atoms with Gasteiger partial charge in [0.2, 0.25) is 11.8 Å². The first-order valence-electron chi connectivity index (χ1n) is 9.36. The van der Waals surface area contributed by atoms with Crippen molar-refractivity contribution in [3.8, 4) is 0 Å². The van der Waals surface area contributed by atoms with Crippen LogP contribution in [0.2, 0.25) is 0 Å². The van der Waals surface area contributed by atoms with Crippen LogP contribution in [0.5, 0.6) is 0 Å². The Bertz CT molecular complexity index is 486. The molecule has 0 aliphatic carbocycles. The van der Waals surface area contributed by atoms with Crippen LogP contribution in [0.25, 0.3) is 0 Å². The molecule has 0 bridgehead atoms. The highest BCUT2D eigenvalue weighted by molar-refractivity contribution is 5.81. The normalized spacial score (nSPS) is 33.0. The minimum absolute atomic E-state index is 0.0216. The number of nitrogens with zero attached hydrogens (tertiary/aromatic N) is 3. The van der Waals surface area contributed by atoms with Gasteiger partial charge in [-0.25, -0.2) is 0 Å². The first-order chi connectivity index (χ1) is 11.4. The number of hydrogen-bond donors (Lipinski definition) is 1. The fourth-order valence-electron chi connectivity index (χ4n) is 4.47. The number of aliphatic hydroxyl groups is 1. The van der Waals surface area contributed by atoms with Gasteiger partial charge in [0.1, 0.15) is 0 Å². The standard InChI is InChI=1S/C18H31N3O3/c1-14(22)20-8-3-4-15(12-20)17(23)19-9-5-16(6-10-19)21-11-7-18(2,24)13-21/h15-16,24H,3-13H2,1-2H3. The Morgan fingerprint density at radius 2 is 1.75 bits per heavy atom. The molecule has 3 heterocycles. The Labute approximate surface area is 144 Å². The van der Waals surface area contributed by atoms with E-state index in [1.54, 1.807) is 6.92 Å². The number of amides is 2. The van der Waals surface area contributed by atoms with Crippen LogP contribution in [0.1, 0.15) is 46.0 Å². The second-order valence-corrected chi connectivity index (χ2v) is 8.08. The van der Waals surface area contributed by atoms with E-state index in [9.17, 15) is 14.7 Å². The van der Waals surface area contributed by atoms with E-state index in [4.69, 9.17) is 0 Å². The van der Waals surface area contributed by atoms with Gasteiger partial charge in [0.15, 0.2) is 0 Å². The van der Waals surface area contributed by atoms with Crippen molar-refractivity contribution in [2.75, 3.05) is 39.3 Å². The maximum absolute atomic E-state index is 12.8. The molecule has 3 aliphatic heterocycles. The van der Waals surface area contributed by atoms with Crippen molar-refractivity contribution in [3.05, 3.63) is 0 Å². The Hall–Kier alpha value is -1.14. The van der Waals surface area contributed by atoms with Gasteiger partial charge >= 0.3 is 0 Å². The van der Waals surface area contributed by atoms with Crippen LogP contribution < -0.4 is 0 Å². The molecule has 136 valence electrons. The van der Waals surface area contributed by atoms with Gasteiger partial charge < -0.3 is 14.9 Å². The summed E-state index contributed by atoms with van der Waals surface area (Å²) in [7, 11) is 0. The van der Waals surface area contributed by atoms with E-state index in [1.165, 1.54) is 0 Å². The SMILES string of the molecule is CC(=O)N1CCCC(C(=O)N2CCC(N3CCC(C)(O)C3)CC2)C1. The van der Waals surface area contributed by atoms with Crippen LogP contribution in [0.3, 0.4) is 0 Å². The van der Waals surface area contributed by atoms with Crippen molar-refractivity contribution in [1.82, 2.24) is 14.7 Å². The van der Waals surface area contributed by atoms with Crippen LogP contribution >= 0.6 is 0 Å². The number of piperidine rings is 2. The van der Waals surface area contributed by atoms with Crippen LogP contribution in [0.15, 0.2) is 0 Å². The van der Waals surface area contributed by atoms with E-state index in [1.807, 2.05) is 16.7 Å². The van der Waals surface area contributed by atoms with E-state index < -0.39 is 5.60 Å². The molecule has 0 aromatic carbocycles. The molecular formula is C18H31N3O3. The quantitative estimate of drug-likeness (QED) is 0.805. The Balaban J connectivity index is 1.49. The number of β-amino-alcohol motifs (C(OH)–C–C–N with tert-alkyl or cyclic N) is 1. The van der Waals surface area contributed by atoms with Gasteiger partial charge in [-0.3, -0.25) is 14.5 Å². The second-order valence-electron chi connectivity index (χ2n) is 8.08. The summed E-state index contributed by atoms with van der Waals surface area (Å²) in [5.41, 5.74) is -0.550. The minimum Gasteiger partial charge on any atom is -0.389 e. The summed E-state index contributed by atoms with van der Waals surface area (Å²) in [6.45, 7) is 8.19. The lowest BCUT2D eigenvalue weighted by Gasteiger charge is -2.40. The highest BCUT2D eigenvalue weighted by atomic mass is 16.3. The zero-order valence-electron chi connectivity index (χ0n) is 15.0. The van der Waals surface area contributed by atoms with Crippen LogP contribution in [-0.2, 0) is 9.59 Å². The van der Waals surface area contributed by atoms with E-state index in [0.29, 0.717) is 12.6 Å². The summed E-state index contributed by atoms with van der Waals surface area (Å²) in [6, 6.07) is 0.489. The first-order valence-corrected chi connectivity index (χ1v) is 9.36. The molecule has 2 amide bonds. The third-order valence-electron chi connectivity index (χ3n) is 5.99. The highest BCUT2D eigenvalue weighted by Gasteiger charge is 2.38. The Kier molecular flexibility index (Phi) is 5.16. The van der Waals surface area contributed by atoms with E-state index in [0.717, 1.165) is 64.8 Å². The lowest BCUT2D eigenvalue weighted by atomic mass is 9.94. The van der Waals surface area contributed by atoms with Crippen LogP contribution in [0, 0.1) is 5.92 Å². The van der Waals surface area contributed by atoms with Crippen molar-refractivity contribution in [3.63, 3.8) is 0 Å². The zero-order chi connectivity index (χ0) is 17.3. The van der Waals surface area contributed by atoms with Gasteiger partial charge in [0.25, 0.3) is 0 Å². The second kappa shape index (κ2) is 7.00. The predicted molar refractivity (Wildman–Crippen MR) is 91.4 cm³/mol. The number of carbonyl (C=O) groups is 2. The molecular weight excluding hydrogens is 306 g/mol. The summed E-state index contributed by atoms with van der Waals surface area (Å²) in [5, 5.41) is 10.1. The lowest BCUT2D eigenvalue weighted by molar-refractivity contribution is -0.141. The topological polar surface area (TPSA) is 64.1 Å². The highest BCUT2D eigenvalue weighted by Crippen LogP contribution is 2.28. The van der Waals surface area contributed by atoms with Crippen molar-refractivity contribution in [1.29, 1.82) is 0 Å². The van der Waals surface area contributed by atoms with E-state index >= 15 is 0 Å². The molecule has 6 nitrogen and oxygen atoms in total. The molecule has 0 aromatic rings. The third kappa shape index (κ3) is 3.91. The van der Waals surface area contributed by atoms with Crippen molar-refractivity contribution < 1.29 is 14.7 Å². The number of rotatable bonds is 2. The summed E-state index contributed by atoms with van der Waals surface area (Å²) >= 11 is 0. The Morgan fingerprint density at radius 3 is 2.33 bits per heavy atom. The van der Waals surface area contributed by atoms with Gasteiger partial charge in [-0.2, -0.15) is 0 Å². The summed E-state index contributed by atoms with van der Waals surface area (Å²) in [6.07, 6.45) is 4.65. The smallest absolute Gasteiger partial charge is 0.227 e. The molecule has 0 spiro atoms. The molecule has 0 aromatic heterocycles. The Morgan fingerprint density at radius 1 is 1.04 bits per heavy atom. The van der Waals surface area contributed by atoms with Gasteiger partial charge in [-0.1, -0.05) is 0 Å². The van der Waals surface area contributed by atoms with Gasteiger partial charge in [-0.15, -0.1) is 0 Å². The maximum atomic E-state index is 12.8. The molecule has 3 fully saturated rings. The lowest BCUT2D eigenvalue weighted by Crippen LogP contribution is -2.51. The fraction of sp³-hybridized carbons (Fsp3) is 0.889.